The van der Waals surface area contributed by atoms with E-state index in [0.717, 1.165) is 5.52 Å². The van der Waals surface area contributed by atoms with Gasteiger partial charge in [0.2, 0.25) is 0 Å². The van der Waals surface area contributed by atoms with Crippen molar-refractivity contribution in [3.63, 3.8) is 0 Å². The van der Waals surface area contributed by atoms with Crippen molar-refractivity contribution in [1.29, 1.82) is 0 Å². The van der Waals surface area contributed by atoms with Crippen molar-refractivity contribution < 1.29 is 9.21 Å². The number of hydrogen-bond donors (Lipinski definition) is 1. The van der Waals surface area contributed by atoms with Crippen LogP contribution in [0.3, 0.4) is 0 Å². The Labute approximate surface area is 87.1 Å². The topological polar surface area (TPSA) is 69.1 Å². The highest BCUT2D eigenvalue weighted by Crippen LogP contribution is 2.15. The van der Waals surface area contributed by atoms with Gasteiger partial charge < -0.3 is 10.2 Å². The molecule has 4 nitrogen and oxygen atoms in total. The third-order valence-corrected chi connectivity index (χ3v) is 2.16. The van der Waals surface area contributed by atoms with Crippen LogP contribution in [0.2, 0.25) is 0 Å². The lowest BCUT2D eigenvalue weighted by Crippen LogP contribution is -2.19. The Balaban J connectivity index is 2.31. The summed E-state index contributed by atoms with van der Waals surface area (Å²) in [6.07, 6.45) is 1.71. The highest BCUT2D eigenvalue weighted by molar-refractivity contribution is 5.98. The van der Waals surface area contributed by atoms with Crippen LogP contribution >= 0.6 is 0 Å². The molecule has 0 fully saturated rings. The number of nitrogens with zero attached hydrogens (tertiary/aromatic N) is 1. The largest absolute Gasteiger partial charge is 0.443 e. The fourth-order valence-electron chi connectivity index (χ4n) is 1.44. The first-order valence-corrected chi connectivity index (χ1v) is 4.79. The summed E-state index contributed by atoms with van der Waals surface area (Å²) in [6, 6.07) is 5.10. The zero-order valence-electron chi connectivity index (χ0n) is 8.43. The average molecular weight is 204 g/mol. The molecule has 0 spiro atoms. The molecule has 1 atom stereocenters. The van der Waals surface area contributed by atoms with Gasteiger partial charge in [0.1, 0.15) is 5.52 Å². The number of carbonyl (C=O) groups excluding carboxylic acids is 1. The van der Waals surface area contributed by atoms with Gasteiger partial charge >= 0.3 is 0 Å². The third kappa shape index (κ3) is 2.05. The molecule has 2 rings (SSSR count). The second-order valence-corrected chi connectivity index (χ2v) is 3.64. The molecule has 15 heavy (non-hydrogen) atoms. The summed E-state index contributed by atoms with van der Waals surface area (Å²) in [6.45, 7) is 1.81. The second kappa shape index (κ2) is 3.82. The van der Waals surface area contributed by atoms with Crippen LogP contribution in [0.4, 0.5) is 0 Å². The van der Waals surface area contributed by atoms with Gasteiger partial charge in [-0.1, -0.05) is 0 Å². The molecule has 2 aromatic rings. The molecule has 0 radical (unpaired) electrons. The van der Waals surface area contributed by atoms with E-state index in [-0.39, 0.29) is 11.8 Å². The maximum absolute atomic E-state index is 11.7. The molecular weight excluding hydrogens is 192 g/mol. The van der Waals surface area contributed by atoms with E-state index < -0.39 is 0 Å². The van der Waals surface area contributed by atoms with Gasteiger partial charge in [-0.05, 0) is 25.1 Å². The normalized spacial score (nSPS) is 12.9. The van der Waals surface area contributed by atoms with Crippen LogP contribution in [0.15, 0.2) is 29.0 Å². The smallest absolute Gasteiger partial charge is 0.181 e. The molecule has 0 saturated heterocycles. The van der Waals surface area contributed by atoms with Gasteiger partial charge in [0.15, 0.2) is 17.8 Å². The molecule has 2 N–H and O–H groups in total. The standard InChI is InChI=1S/C11H12N2O2/c1-7(12)4-10(14)8-2-3-9-11(5-8)15-6-13-9/h2-3,5-7H,4,12H2,1H3. The molecule has 0 aliphatic heterocycles. The summed E-state index contributed by atoms with van der Waals surface area (Å²) < 4.78 is 5.12. The number of aromatic nitrogens is 1. The monoisotopic (exact) mass is 204 g/mol. The van der Waals surface area contributed by atoms with Gasteiger partial charge in [0, 0.05) is 18.0 Å². The maximum Gasteiger partial charge on any atom is 0.181 e. The first-order valence-electron chi connectivity index (χ1n) is 4.79. The highest BCUT2D eigenvalue weighted by atomic mass is 16.3. The van der Waals surface area contributed by atoms with E-state index >= 15 is 0 Å². The number of Topliss-reactive ketones (excluding diaryl/α,β-unsaturated/α-hetero) is 1. The van der Waals surface area contributed by atoms with Gasteiger partial charge in [-0.3, -0.25) is 4.79 Å². The van der Waals surface area contributed by atoms with E-state index in [1.807, 2.05) is 6.92 Å². The van der Waals surface area contributed by atoms with Crippen molar-refractivity contribution in [2.45, 2.75) is 19.4 Å². The average Bonchev–Trinajstić information content (AvgIpc) is 2.62. The number of ketones is 1. The molecule has 0 amide bonds. The Morgan fingerprint density at radius 1 is 1.60 bits per heavy atom. The highest BCUT2D eigenvalue weighted by Gasteiger charge is 2.10. The van der Waals surface area contributed by atoms with E-state index in [1.165, 1.54) is 6.39 Å². The molecule has 0 bridgehead atoms. The summed E-state index contributed by atoms with van der Waals surface area (Å²) in [7, 11) is 0. The van der Waals surface area contributed by atoms with Crippen LogP contribution in [0.5, 0.6) is 0 Å². The number of benzene rings is 1. The minimum atomic E-state index is -0.122. The Morgan fingerprint density at radius 3 is 3.13 bits per heavy atom. The van der Waals surface area contributed by atoms with Crippen molar-refractivity contribution in [2.24, 2.45) is 5.73 Å². The molecule has 1 aromatic heterocycles. The summed E-state index contributed by atoms with van der Waals surface area (Å²) in [5, 5.41) is 0. The number of hydrogen-bond acceptors (Lipinski definition) is 4. The number of rotatable bonds is 3. The predicted molar refractivity (Wildman–Crippen MR) is 56.6 cm³/mol. The van der Waals surface area contributed by atoms with Crippen LogP contribution in [0.25, 0.3) is 11.1 Å². The van der Waals surface area contributed by atoms with Crippen molar-refractivity contribution in [2.75, 3.05) is 0 Å². The Kier molecular flexibility index (Phi) is 2.51. The van der Waals surface area contributed by atoms with Gasteiger partial charge in [-0.15, -0.1) is 0 Å². The quantitative estimate of drug-likeness (QED) is 0.773. The van der Waals surface area contributed by atoms with Crippen molar-refractivity contribution in [3.05, 3.63) is 30.2 Å². The zero-order valence-corrected chi connectivity index (χ0v) is 8.43. The van der Waals surface area contributed by atoms with E-state index in [0.29, 0.717) is 17.6 Å². The minimum Gasteiger partial charge on any atom is -0.443 e. The lowest BCUT2D eigenvalue weighted by Gasteiger charge is -2.03. The Hall–Kier alpha value is -1.68. The molecular formula is C11H12N2O2. The van der Waals surface area contributed by atoms with Crippen LogP contribution in [0.1, 0.15) is 23.7 Å². The molecule has 0 aliphatic carbocycles. The number of carbonyl (C=O) groups is 1. The predicted octanol–water partition coefficient (Wildman–Crippen LogP) is 1.75. The van der Waals surface area contributed by atoms with Crippen LogP contribution in [-0.2, 0) is 0 Å². The summed E-state index contributed by atoms with van der Waals surface area (Å²) in [4.78, 5) is 15.7. The second-order valence-electron chi connectivity index (χ2n) is 3.64. The van der Waals surface area contributed by atoms with Gasteiger partial charge in [-0.25, -0.2) is 4.98 Å². The third-order valence-electron chi connectivity index (χ3n) is 2.16. The fourth-order valence-corrected chi connectivity index (χ4v) is 1.44. The van der Waals surface area contributed by atoms with Crippen LogP contribution < -0.4 is 5.73 Å². The maximum atomic E-state index is 11.7. The lowest BCUT2D eigenvalue weighted by molar-refractivity contribution is 0.0976. The van der Waals surface area contributed by atoms with Crippen molar-refractivity contribution in [1.82, 2.24) is 4.98 Å². The zero-order chi connectivity index (χ0) is 10.8. The Morgan fingerprint density at radius 2 is 2.40 bits per heavy atom. The van der Waals surface area contributed by atoms with Crippen molar-refractivity contribution >= 4 is 16.9 Å². The first-order chi connectivity index (χ1) is 7.16. The molecule has 1 unspecified atom stereocenters. The van der Waals surface area contributed by atoms with E-state index in [9.17, 15) is 4.79 Å². The van der Waals surface area contributed by atoms with E-state index in [4.69, 9.17) is 10.2 Å². The lowest BCUT2D eigenvalue weighted by atomic mass is 10.0. The fraction of sp³-hybridized carbons (Fsp3) is 0.273. The molecule has 1 heterocycles. The van der Waals surface area contributed by atoms with E-state index in [1.54, 1.807) is 18.2 Å². The van der Waals surface area contributed by atoms with Gasteiger partial charge in [0.25, 0.3) is 0 Å². The van der Waals surface area contributed by atoms with Crippen molar-refractivity contribution in [3.8, 4) is 0 Å². The molecule has 0 saturated carbocycles. The number of fused-ring (bicyclic) bond motifs is 1. The number of oxazole rings is 1. The van der Waals surface area contributed by atoms with Crippen LogP contribution in [0, 0.1) is 0 Å². The van der Waals surface area contributed by atoms with Gasteiger partial charge in [0.05, 0.1) is 0 Å². The molecule has 78 valence electrons. The van der Waals surface area contributed by atoms with E-state index in [2.05, 4.69) is 4.98 Å². The summed E-state index contributed by atoms with van der Waals surface area (Å²) in [5.41, 5.74) is 7.58. The summed E-state index contributed by atoms with van der Waals surface area (Å²) in [5.74, 6) is 0.0308. The number of nitrogens with two attached hydrogens (primary N) is 1. The minimum absolute atomic E-state index is 0.0308. The first kappa shape index (κ1) is 9.86. The van der Waals surface area contributed by atoms with Crippen LogP contribution in [-0.4, -0.2) is 16.8 Å². The molecule has 1 aromatic carbocycles. The van der Waals surface area contributed by atoms with Gasteiger partial charge in [-0.2, -0.15) is 0 Å². The Bertz CT molecular complexity index is 488. The SMILES string of the molecule is CC(N)CC(=O)c1ccc2ncoc2c1. The molecule has 4 heteroatoms. The molecule has 0 aliphatic rings. The summed E-state index contributed by atoms with van der Waals surface area (Å²) >= 11 is 0.